The second-order valence-electron chi connectivity index (χ2n) is 9.64. The van der Waals surface area contributed by atoms with Crippen LogP contribution in [-0.4, -0.2) is 41.4 Å². The molecule has 0 aliphatic heterocycles. The van der Waals surface area contributed by atoms with Crippen molar-refractivity contribution in [2.24, 2.45) is 11.8 Å². The molecule has 0 spiro atoms. The van der Waals surface area contributed by atoms with Gasteiger partial charge in [0.2, 0.25) is 5.91 Å². The number of methoxy groups -OCH3 is 1. The molecule has 3 aromatic rings. The van der Waals surface area contributed by atoms with Crippen molar-refractivity contribution in [1.29, 1.82) is 0 Å². The molecule has 0 N–H and O–H groups in total. The van der Waals surface area contributed by atoms with E-state index >= 15 is 0 Å². The predicted octanol–water partition coefficient (Wildman–Crippen LogP) is 6.41. The number of rotatable bonds is 11. The number of aromatic nitrogens is 1. The lowest BCUT2D eigenvalue weighted by Gasteiger charge is -2.25. The minimum atomic E-state index is -0.0470. The van der Waals surface area contributed by atoms with Crippen LogP contribution in [0.4, 0.5) is 0 Å². The van der Waals surface area contributed by atoms with Gasteiger partial charge >= 0.3 is 0 Å². The first-order valence-corrected chi connectivity index (χ1v) is 13.0. The Morgan fingerprint density at radius 1 is 0.971 bits per heavy atom. The highest BCUT2D eigenvalue weighted by atomic mass is 127. The molecule has 0 fully saturated rings. The SMILES string of the molecule is COc1ccc2c(C(=O)c3ccc(I)cc3)cn(CC(=O)N(CCC(C)C)CCC(C)C)c2c1. The van der Waals surface area contributed by atoms with Crippen LogP contribution in [0.3, 0.4) is 0 Å². The van der Waals surface area contributed by atoms with Crippen LogP contribution in [0.5, 0.6) is 5.75 Å². The Hall–Kier alpha value is -2.35. The van der Waals surface area contributed by atoms with E-state index in [9.17, 15) is 9.59 Å². The summed E-state index contributed by atoms with van der Waals surface area (Å²) in [5.74, 6) is 1.79. The van der Waals surface area contributed by atoms with Crippen molar-refractivity contribution in [1.82, 2.24) is 9.47 Å². The van der Waals surface area contributed by atoms with Crippen molar-refractivity contribution >= 4 is 45.2 Å². The van der Waals surface area contributed by atoms with Crippen LogP contribution >= 0.6 is 22.6 Å². The molecule has 5 nitrogen and oxygen atoms in total. The molecule has 34 heavy (non-hydrogen) atoms. The Morgan fingerprint density at radius 3 is 2.15 bits per heavy atom. The summed E-state index contributed by atoms with van der Waals surface area (Å²) >= 11 is 2.23. The van der Waals surface area contributed by atoms with E-state index < -0.39 is 0 Å². The summed E-state index contributed by atoms with van der Waals surface area (Å²) in [7, 11) is 1.62. The topological polar surface area (TPSA) is 51.5 Å². The fourth-order valence-electron chi connectivity index (χ4n) is 3.90. The van der Waals surface area contributed by atoms with Gasteiger partial charge in [0, 0.05) is 45.4 Å². The number of carbonyl (C=O) groups excluding carboxylic acids is 2. The Labute approximate surface area is 216 Å². The van der Waals surface area contributed by atoms with Crippen LogP contribution in [0.2, 0.25) is 0 Å². The van der Waals surface area contributed by atoms with E-state index in [0.29, 0.717) is 28.7 Å². The smallest absolute Gasteiger partial charge is 0.242 e. The standard InChI is InChI=1S/C28H35IN2O3/c1-19(2)12-14-30(15-13-20(3)4)27(32)18-31-17-25(24-11-10-23(34-5)16-26(24)31)28(33)21-6-8-22(29)9-7-21/h6-11,16-17,19-20H,12-15,18H2,1-5H3. The minimum absolute atomic E-state index is 0.0470. The molecule has 0 bridgehead atoms. The number of benzene rings is 2. The third-order valence-electron chi connectivity index (χ3n) is 6.05. The quantitative estimate of drug-likeness (QED) is 0.197. The average molecular weight is 575 g/mol. The van der Waals surface area contributed by atoms with Gasteiger partial charge in [-0.05, 0) is 83.7 Å². The van der Waals surface area contributed by atoms with Crippen LogP contribution in [0.15, 0.2) is 48.7 Å². The van der Waals surface area contributed by atoms with Gasteiger partial charge in [0.25, 0.3) is 0 Å². The largest absolute Gasteiger partial charge is 0.497 e. The van der Waals surface area contributed by atoms with Crippen molar-refractivity contribution in [2.75, 3.05) is 20.2 Å². The molecule has 182 valence electrons. The molecule has 1 amide bonds. The van der Waals surface area contributed by atoms with Gasteiger partial charge in [0.15, 0.2) is 5.78 Å². The molecule has 0 radical (unpaired) electrons. The highest BCUT2D eigenvalue weighted by molar-refractivity contribution is 14.1. The number of nitrogens with zero attached hydrogens (tertiary/aromatic N) is 2. The first kappa shape index (κ1) is 26.3. The highest BCUT2D eigenvalue weighted by Gasteiger charge is 2.21. The monoisotopic (exact) mass is 574 g/mol. The van der Waals surface area contributed by atoms with Crippen LogP contribution in [-0.2, 0) is 11.3 Å². The van der Waals surface area contributed by atoms with Gasteiger partial charge < -0.3 is 14.2 Å². The van der Waals surface area contributed by atoms with Crippen LogP contribution < -0.4 is 4.74 Å². The maximum atomic E-state index is 13.4. The van der Waals surface area contributed by atoms with Crippen molar-refractivity contribution in [3.63, 3.8) is 0 Å². The molecule has 1 heterocycles. The summed E-state index contributed by atoms with van der Waals surface area (Å²) in [6.07, 6.45) is 3.77. The molecule has 0 unspecified atom stereocenters. The van der Waals surface area contributed by atoms with Gasteiger partial charge in [-0.1, -0.05) is 27.7 Å². The second kappa shape index (κ2) is 11.9. The number of fused-ring (bicyclic) bond motifs is 1. The Bertz CT molecular complexity index is 1120. The number of amides is 1. The zero-order chi connectivity index (χ0) is 24.8. The third kappa shape index (κ3) is 6.62. The van der Waals surface area contributed by atoms with Crippen LogP contribution in [0.1, 0.15) is 56.5 Å². The van der Waals surface area contributed by atoms with Gasteiger partial charge in [-0.15, -0.1) is 0 Å². The van der Waals surface area contributed by atoms with E-state index in [0.717, 1.165) is 40.4 Å². The first-order valence-electron chi connectivity index (χ1n) is 11.9. The zero-order valence-electron chi connectivity index (χ0n) is 20.8. The fourth-order valence-corrected chi connectivity index (χ4v) is 4.26. The lowest BCUT2D eigenvalue weighted by Crippen LogP contribution is -2.36. The van der Waals surface area contributed by atoms with Gasteiger partial charge in [-0.3, -0.25) is 9.59 Å². The molecule has 0 saturated carbocycles. The van der Waals surface area contributed by atoms with Gasteiger partial charge in [-0.25, -0.2) is 0 Å². The molecule has 6 heteroatoms. The van der Waals surface area contributed by atoms with E-state index in [4.69, 9.17) is 4.74 Å². The first-order chi connectivity index (χ1) is 16.2. The van der Waals surface area contributed by atoms with Crippen molar-refractivity contribution in [2.45, 2.75) is 47.1 Å². The van der Waals surface area contributed by atoms with Gasteiger partial charge in [-0.2, -0.15) is 0 Å². The molecule has 2 aromatic carbocycles. The van der Waals surface area contributed by atoms with Gasteiger partial charge in [0.1, 0.15) is 12.3 Å². The highest BCUT2D eigenvalue weighted by Crippen LogP contribution is 2.28. The van der Waals surface area contributed by atoms with Gasteiger partial charge in [0.05, 0.1) is 12.6 Å². The maximum absolute atomic E-state index is 13.4. The summed E-state index contributed by atoms with van der Waals surface area (Å²) in [4.78, 5) is 28.8. The van der Waals surface area contributed by atoms with Crippen molar-refractivity contribution in [3.8, 4) is 5.75 Å². The summed E-state index contributed by atoms with van der Waals surface area (Å²) in [6.45, 7) is 10.4. The maximum Gasteiger partial charge on any atom is 0.242 e. The Morgan fingerprint density at radius 2 is 1.59 bits per heavy atom. The van der Waals surface area contributed by atoms with E-state index in [1.54, 1.807) is 7.11 Å². The lowest BCUT2D eigenvalue weighted by molar-refractivity contribution is -0.132. The Kier molecular flexibility index (Phi) is 9.17. The lowest BCUT2D eigenvalue weighted by atomic mass is 10.0. The van der Waals surface area contributed by atoms with Crippen molar-refractivity contribution in [3.05, 3.63) is 63.4 Å². The number of carbonyl (C=O) groups is 2. The molecule has 0 aliphatic rings. The van der Waals surface area contributed by atoms with Crippen LogP contribution in [0.25, 0.3) is 10.9 Å². The molecule has 0 saturated heterocycles. The molecule has 0 aliphatic carbocycles. The summed E-state index contributed by atoms with van der Waals surface area (Å²) in [5.41, 5.74) is 2.06. The van der Waals surface area contributed by atoms with Crippen molar-refractivity contribution < 1.29 is 14.3 Å². The summed E-state index contributed by atoms with van der Waals surface area (Å²) in [5, 5.41) is 0.827. The summed E-state index contributed by atoms with van der Waals surface area (Å²) in [6, 6.07) is 13.2. The number of ketones is 1. The number of hydrogen-bond acceptors (Lipinski definition) is 3. The molecular formula is C28H35IN2O3. The van der Waals surface area contributed by atoms with E-state index in [1.807, 2.05) is 58.1 Å². The second-order valence-corrected chi connectivity index (χ2v) is 10.9. The molecule has 0 atom stereocenters. The molecular weight excluding hydrogens is 539 g/mol. The normalized spacial score (nSPS) is 11.4. The predicted molar refractivity (Wildman–Crippen MR) is 147 cm³/mol. The fraction of sp³-hybridized carbons (Fsp3) is 0.429. The molecule has 1 aromatic heterocycles. The number of halogens is 1. The number of hydrogen-bond donors (Lipinski definition) is 0. The van der Waals surface area contributed by atoms with E-state index in [2.05, 4.69) is 50.3 Å². The van der Waals surface area contributed by atoms with Crippen LogP contribution in [0, 0.1) is 15.4 Å². The number of ether oxygens (including phenoxy) is 1. The minimum Gasteiger partial charge on any atom is -0.497 e. The molecule has 3 rings (SSSR count). The third-order valence-corrected chi connectivity index (χ3v) is 6.77. The Balaban J connectivity index is 1.95. The summed E-state index contributed by atoms with van der Waals surface area (Å²) < 4.78 is 8.41. The zero-order valence-corrected chi connectivity index (χ0v) is 23.0. The van der Waals surface area contributed by atoms with E-state index in [1.165, 1.54) is 0 Å². The van der Waals surface area contributed by atoms with E-state index in [-0.39, 0.29) is 18.2 Å². The average Bonchev–Trinajstić information content (AvgIpc) is 3.16.